The molecule has 21 heavy (non-hydrogen) atoms. The lowest BCUT2D eigenvalue weighted by atomic mass is 9.78. The molecule has 0 aliphatic heterocycles. The zero-order valence-corrected chi connectivity index (χ0v) is 12.2. The number of fused-ring (bicyclic) bond motifs is 1. The zero-order chi connectivity index (χ0) is 14.9. The van der Waals surface area contributed by atoms with Crippen molar-refractivity contribution in [2.75, 3.05) is 6.54 Å². The molecule has 0 saturated heterocycles. The van der Waals surface area contributed by atoms with Gasteiger partial charge in [0.2, 0.25) is 0 Å². The van der Waals surface area contributed by atoms with Crippen LogP contribution in [0, 0.1) is 0 Å². The first-order valence-corrected chi connectivity index (χ1v) is 8.22. The molecule has 5 nitrogen and oxygen atoms in total. The smallest absolute Gasteiger partial charge is 0.258 e. The summed E-state index contributed by atoms with van der Waals surface area (Å²) < 4.78 is 26.9. The third-order valence-electron chi connectivity index (χ3n) is 3.74. The van der Waals surface area contributed by atoms with Crippen molar-refractivity contribution in [3.63, 3.8) is 0 Å². The van der Waals surface area contributed by atoms with E-state index in [1.54, 1.807) is 6.07 Å². The standard InChI is InChI=1S/C15H16N2O3S/c18-10-11-5-6-15(16-8-11)21(19,20)17-9-13-7-12-3-1-2-4-14(12)13/h1-6,8,13,17-18H,7,9-10H2. The van der Waals surface area contributed by atoms with Crippen molar-refractivity contribution in [2.24, 2.45) is 0 Å². The van der Waals surface area contributed by atoms with E-state index in [0.717, 1.165) is 6.42 Å². The summed E-state index contributed by atoms with van der Waals surface area (Å²) in [5.41, 5.74) is 3.08. The molecule has 0 bridgehead atoms. The van der Waals surface area contributed by atoms with E-state index < -0.39 is 10.0 Å². The van der Waals surface area contributed by atoms with Crippen LogP contribution < -0.4 is 4.72 Å². The minimum Gasteiger partial charge on any atom is -0.392 e. The van der Waals surface area contributed by atoms with Crippen molar-refractivity contribution in [1.82, 2.24) is 9.71 Å². The van der Waals surface area contributed by atoms with Gasteiger partial charge in [-0.25, -0.2) is 18.1 Å². The Balaban J connectivity index is 1.67. The summed E-state index contributed by atoms with van der Waals surface area (Å²) in [6.45, 7) is 0.225. The Kier molecular flexibility index (Phi) is 3.75. The molecule has 1 aromatic carbocycles. The van der Waals surface area contributed by atoms with E-state index >= 15 is 0 Å². The molecule has 3 rings (SSSR count). The summed E-state index contributed by atoms with van der Waals surface area (Å²) in [5.74, 6) is 0.229. The highest BCUT2D eigenvalue weighted by Crippen LogP contribution is 2.34. The highest BCUT2D eigenvalue weighted by molar-refractivity contribution is 7.89. The van der Waals surface area contributed by atoms with Gasteiger partial charge in [-0.3, -0.25) is 0 Å². The van der Waals surface area contributed by atoms with E-state index in [-0.39, 0.29) is 17.6 Å². The molecular weight excluding hydrogens is 288 g/mol. The van der Waals surface area contributed by atoms with Crippen LogP contribution in [0.2, 0.25) is 0 Å². The van der Waals surface area contributed by atoms with Gasteiger partial charge in [0.05, 0.1) is 6.61 Å². The van der Waals surface area contributed by atoms with Crippen LogP contribution in [0.4, 0.5) is 0 Å². The summed E-state index contributed by atoms with van der Waals surface area (Å²) >= 11 is 0. The number of pyridine rings is 1. The Morgan fingerprint density at radius 2 is 2.05 bits per heavy atom. The number of aliphatic hydroxyl groups excluding tert-OH is 1. The zero-order valence-electron chi connectivity index (χ0n) is 11.4. The summed E-state index contributed by atoms with van der Waals surface area (Å²) in [5, 5.41) is 8.91. The normalized spacial score (nSPS) is 17.1. The van der Waals surface area contributed by atoms with Gasteiger partial charge in [-0.1, -0.05) is 30.3 Å². The molecule has 1 aromatic heterocycles. The summed E-state index contributed by atoms with van der Waals surface area (Å²) in [6, 6.07) is 11.0. The Morgan fingerprint density at radius 1 is 1.24 bits per heavy atom. The average Bonchev–Trinajstić information content (AvgIpc) is 2.48. The van der Waals surface area contributed by atoms with Crippen LogP contribution in [-0.4, -0.2) is 25.1 Å². The quantitative estimate of drug-likeness (QED) is 0.869. The molecule has 0 saturated carbocycles. The molecule has 1 unspecified atom stereocenters. The van der Waals surface area contributed by atoms with Gasteiger partial charge in [0.15, 0.2) is 5.03 Å². The SMILES string of the molecule is O=S(=O)(NCC1Cc2ccccc21)c1ccc(CO)cn1. The van der Waals surface area contributed by atoms with Gasteiger partial charge >= 0.3 is 0 Å². The number of rotatable bonds is 5. The molecule has 2 aromatic rings. The number of sulfonamides is 1. The predicted octanol–water partition coefficient (Wildman–Crippen LogP) is 1.19. The van der Waals surface area contributed by atoms with Crippen LogP contribution in [0.15, 0.2) is 47.6 Å². The van der Waals surface area contributed by atoms with Crippen LogP contribution in [-0.2, 0) is 23.1 Å². The van der Waals surface area contributed by atoms with Crippen molar-refractivity contribution >= 4 is 10.0 Å². The summed E-state index contributed by atoms with van der Waals surface area (Å²) in [4.78, 5) is 3.88. The minimum absolute atomic E-state index is 0.0210. The third-order valence-corrected chi connectivity index (χ3v) is 5.08. The van der Waals surface area contributed by atoms with Crippen molar-refractivity contribution in [2.45, 2.75) is 24.0 Å². The van der Waals surface area contributed by atoms with Crippen LogP contribution in [0.25, 0.3) is 0 Å². The molecule has 110 valence electrons. The van der Waals surface area contributed by atoms with Gasteiger partial charge in [-0.2, -0.15) is 0 Å². The van der Waals surface area contributed by atoms with Gasteiger partial charge < -0.3 is 5.11 Å². The van der Waals surface area contributed by atoms with E-state index in [0.29, 0.717) is 12.1 Å². The second-order valence-electron chi connectivity index (χ2n) is 5.11. The Hall–Kier alpha value is -1.76. The van der Waals surface area contributed by atoms with E-state index in [1.807, 2.05) is 18.2 Å². The molecule has 1 heterocycles. The van der Waals surface area contributed by atoms with Crippen LogP contribution >= 0.6 is 0 Å². The fourth-order valence-corrected chi connectivity index (χ4v) is 3.50. The average molecular weight is 304 g/mol. The number of aromatic nitrogens is 1. The first kappa shape index (κ1) is 14.2. The second kappa shape index (κ2) is 5.55. The fraction of sp³-hybridized carbons (Fsp3) is 0.267. The molecule has 6 heteroatoms. The summed E-state index contributed by atoms with van der Waals surface area (Å²) in [6.07, 6.45) is 2.27. The van der Waals surface area contributed by atoms with Crippen molar-refractivity contribution in [1.29, 1.82) is 0 Å². The Bertz CT molecular complexity index is 742. The van der Waals surface area contributed by atoms with Crippen LogP contribution in [0.1, 0.15) is 22.6 Å². The fourth-order valence-electron chi connectivity index (χ4n) is 2.49. The molecule has 1 aliphatic carbocycles. The number of aliphatic hydroxyl groups is 1. The number of nitrogens with zero attached hydrogens (tertiary/aromatic N) is 1. The largest absolute Gasteiger partial charge is 0.392 e. The number of hydrogen-bond donors (Lipinski definition) is 2. The molecule has 0 amide bonds. The van der Waals surface area contributed by atoms with Crippen molar-refractivity contribution in [3.8, 4) is 0 Å². The number of hydrogen-bond acceptors (Lipinski definition) is 4. The lowest BCUT2D eigenvalue weighted by Gasteiger charge is -2.30. The highest BCUT2D eigenvalue weighted by Gasteiger charge is 2.27. The monoisotopic (exact) mass is 304 g/mol. The minimum atomic E-state index is -3.60. The lowest BCUT2D eigenvalue weighted by Crippen LogP contribution is -2.33. The lowest BCUT2D eigenvalue weighted by molar-refractivity contribution is 0.281. The van der Waals surface area contributed by atoms with E-state index in [9.17, 15) is 8.42 Å². The van der Waals surface area contributed by atoms with Crippen LogP contribution in [0.5, 0.6) is 0 Å². The van der Waals surface area contributed by atoms with Gasteiger partial charge in [-0.15, -0.1) is 0 Å². The van der Waals surface area contributed by atoms with Crippen molar-refractivity contribution in [3.05, 3.63) is 59.3 Å². The van der Waals surface area contributed by atoms with Gasteiger partial charge in [0, 0.05) is 18.7 Å². The summed E-state index contributed by atoms with van der Waals surface area (Å²) in [7, 11) is -3.60. The second-order valence-corrected chi connectivity index (χ2v) is 6.83. The molecule has 1 aliphatic rings. The maximum absolute atomic E-state index is 12.2. The van der Waals surface area contributed by atoms with Gasteiger partial charge in [0.1, 0.15) is 0 Å². The Morgan fingerprint density at radius 3 is 2.71 bits per heavy atom. The van der Waals surface area contributed by atoms with E-state index in [2.05, 4.69) is 15.8 Å². The van der Waals surface area contributed by atoms with E-state index in [1.165, 1.54) is 23.4 Å². The predicted molar refractivity (Wildman–Crippen MR) is 78.2 cm³/mol. The molecule has 0 fully saturated rings. The highest BCUT2D eigenvalue weighted by atomic mass is 32.2. The first-order valence-electron chi connectivity index (χ1n) is 6.73. The maximum atomic E-state index is 12.2. The maximum Gasteiger partial charge on any atom is 0.258 e. The first-order chi connectivity index (χ1) is 10.1. The molecule has 1 atom stereocenters. The topological polar surface area (TPSA) is 79.3 Å². The molecule has 0 spiro atoms. The number of benzene rings is 1. The van der Waals surface area contributed by atoms with Gasteiger partial charge in [0.25, 0.3) is 10.0 Å². The third kappa shape index (κ3) is 2.83. The van der Waals surface area contributed by atoms with Crippen molar-refractivity contribution < 1.29 is 13.5 Å². The van der Waals surface area contributed by atoms with E-state index in [4.69, 9.17) is 5.11 Å². The molecule has 0 radical (unpaired) electrons. The van der Waals surface area contributed by atoms with Crippen LogP contribution in [0.3, 0.4) is 0 Å². The molecule has 2 N–H and O–H groups in total. The Labute approximate surface area is 123 Å². The van der Waals surface area contributed by atoms with Gasteiger partial charge in [-0.05, 0) is 29.2 Å². The number of nitrogens with one attached hydrogen (secondary N) is 1. The molecular formula is C15H16N2O3S.